The summed E-state index contributed by atoms with van der Waals surface area (Å²) in [6.07, 6.45) is 0. The maximum Gasteiger partial charge on any atom is 0.0542 e. The van der Waals surface area contributed by atoms with Gasteiger partial charge in [-0.05, 0) is 175 Å². The van der Waals surface area contributed by atoms with E-state index >= 15 is 0 Å². The monoisotopic (exact) mass is 898 g/mol. The van der Waals surface area contributed by atoms with Crippen LogP contribution in [0.15, 0.2) is 164 Å². The molecular formula is C66H63N3. The van der Waals surface area contributed by atoms with Crippen LogP contribution in [0.5, 0.6) is 0 Å². The van der Waals surface area contributed by atoms with Crippen molar-refractivity contribution in [3.63, 3.8) is 0 Å². The third kappa shape index (κ3) is 6.91. The molecule has 0 N–H and O–H groups in total. The van der Waals surface area contributed by atoms with Gasteiger partial charge in [-0.2, -0.15) is 0 Å². The van der Waals surface area contributed by atoms with Crippen molar-refractivity contribution in [1.29, 1.82) is 0 Å². The zero-order chi connectivity index (χ0) is 48.1. The van der Waals surface area contributed by atoms with Crippen molar-refractivity contribution in [3.8, 4) is 17.1 Å². The van der Waals surface area contributed by atoms with Crippen LogP contribution in [0.4, 0.5) is 0 Å². The molecule has 0 saturated carbocycles. The third-order valence-electron chi connectivity index (χ3n) is 15.2. The van der Waals surface area contributed by atoms with E-state index in [-0.39, 0.29) is 21.7 Å². The number of aromatic nitrogens is 3. The van der Waals surface area contributed by atoms with E-state index in [0.717, 1.165) is 17.1 Å². The lowest BCUT2D eigenvalue weighted by atomic mass is 9.85. The van der Waals surface area contributed by atoms with Crippen molar-refractivity contribution in [2.45, 2.75) is 105 Å². The highest BCUT2D eigenvalue weighted by atomic mass is 15.0. The molecule has 0 aliphatic rings. The Hall–Kier alpha value is -7.10. The topological polar surface area (TPSA) is 14.8 Å². The van der Waals surface area contributed by atoms with Crippen molar-refractivity contribution < 1.29 is 0 Å². The average molecular weight is 898 g/mol. The van der Waals surface area contributed by atoms with E-state index < -0.39 is 0 Å². The Morgan fingerprint density at radius 2 is 0.493 bits per heavy atom. The second-order valence-electron chi connectivity index (χ2n) is 24.1. The Morgan fingerprint density at radius 1 is 0.232 bits per heavy atom. The van der Waals surface area contributed by atoms with E-state index in [1.165, 1.54) is 109 Å². The Morgan fingerprint density at radius 3 is 0.826 bits per heavy atom. The predicted molar refractivity (Wildman–Crippen MR) is 299 cm³/mol. The molecule has 0 amide bonds. The Labute approximate surface area is 406 Å². The summed E-state index contributed by atoms with van der Waals surface area (Å²) >= 11 is 0. The lowest BCUT2D eigenvalue weighted by Crippen LogP contribution is -2.10. The van der Waals surface area contributed by atoms with Gasteiger partial charge in [0.1, 0.15) is 0 Å². The molecule has 3 aromatic heterocycles. The van der Waals surface area contributed by atoms with Crippen LogP contribution >= 0.6 is 0 Å². The molecule has 9 aromatic carbocycles. The maximum absolute atomic E-state index is 2.50. The molecule has 0 unspecified atom stereocenters. The lowest BCUT2D eigenvalue weighted by molar-refractivity contribution is 0.590. The highest BCUT2D eigenvalue weighted by molar-refractivity contribution is 6.14. The van der Waals surface area contributed by atoms with Gasteiger partial charge in [-0.15, -0.1) is 0 Å². The van der Waals surface area contributed by atoms with E-state index in [0.29, 0.717) is 0 Å². The fourth-order valence-corrected chi connectivity index (χ4v) is 11.1. The fourth-order valence-electron chi connectivity index (χ4n) is 11.1. The maximum atomic E-state index is 2.50. The summed E-state index contributed by atoms with van der Waals surface area (Å²) in [5, 5.41) is 12.6. The highest BCUT2D eigenvalue weighted by Gasteiger charge is 2.25. The molecular weight excluding hydrogens is 835 g/mol. The highest BCUT2D eigenvalue weighted by Crippen LogP contribution is 2.43. The predicted octanol–water partition coefficient (Wildman–Crippen LogP) is 18.5. The first-order valence-corrected chi connectivity index (χ1v) is 24.9. The van der Waals surface area contributed by atoms with Crippen molar-refractivity contribution >= 4 is 87.0 Å². The second-order valence-corrected chi connectivity index (χ2v) is 24.1. The molecule has 0 spiro atoms. The Bertz CT molecular complexity index is 3750. The van der Waals surface area contributed by atoms with Crippen molar-refractivity contribution in [2.24, 2.45) is 0 Å². The van der Waals surface area contributed by atoms with Crippen molar-refractivity contribution in [1.82, 2.24) is 13.7 Å². The number of hydrogen-bond acceptors (Lipinski definition) is 0. The van der Waals surface area contributed by atoms with Crippen LogP contribution in [-0.2, 0) is 21.7 Å². The molecule has 0 atom stereocenters. The fraction of sp³-hybridized carbons (Fsp3) is 0.242. The summed E-state index contributed by atoms with van der Waals surface area (Å²) in [4.78, 5) is 0. The van der Waals surface area contributed by atoms with Gasteiger partial charge in [-0.1, -0.05) is 138 Å². The minimum atomic E-state index is 0.0265. The first-order chi connectivity index (χ1) is 32.7. The average Bonchev–Trinajstić information content (AvgIpc) is 3.93. The van der Waals surface area contributed by atoms with Gasteiger partial charge in [-0.3, -0.25) is 0 Å². The summed E-state index contributed by atoms with van der Waals surface area (Å²) in [6.45, 7) is 27.8. The number of benzene rings is 9. The zero-order valence-electron chi connectivity index (χ0n) is 42.4. The van der Waals surface area contributed by atoms with E-state index in [2.05, 4.69) is 261 Å². The molecule has 3 heteroatoms. The van der Waals surface area contributed by atoms with Crippen LogP contribution in [0.3, 0.4) is 0 Å². The van der Waals surface area contributed by atoms with Gasteiger partial charge in [0.15, 0.2) is 0 Å². The van der Waals surface area contributed by atoms with Gasteiger partial charge in [0.25, 0.3) is 0 Å². The number of rotatable bonds is 3. The number of hydrogen-bond donors (Lipinski definition) is 0. The molecule has 3 heterocycles. The zero-order valence-corrected chi connectivity index (χ0v) is 42.4. The summed E-state index contributed by atoms with van der Waals surface area (Å²) < 4.78 is 7.49. The Kier molecular flexibility index (Phi) is 9.21. The molecule has 0 bridgehead atoms. The van der Waals surface area contributed by atoms with Crippen LogP contribution in [0.1, 0.15) is 105 Å². The summed E-state index contributed by atoms with van der Waals surface area (Å²) in [5.74, 6) is 0. The summed E-state index contributed by atoms with van der Waals surface area (Å²) in [5.41, 5.74) is 16.2. The van der Waals surface area contributed by atoms with Gasteiger partial charge in [-0.25, -0.2) is 0 Å². The normalized spacial score (nSPS) is 13.2. The summed E-state index contributed by atoms with van der Waals surface area (Å²) in [6, 6.07) is 63.2. The minimum absolute atomic E-state index is 0.0265. The molecule has 0 saturated heterocycles. The molecule has 69 heavy (non-hydrogen) atoms. The van der Waals surface area contributed by atoms with E-state index in [4.69, 9.17) is 0 Å². The molecule has 0 aliphatic carbocycles. The second kappa shape index (κ2) is 14.7. The van der Waals surface area contributed by atoms with Crippen LogP contribution in [0.2, 0.25) is 0 Å². The molecule has 0 radical (unpaired) electrons. The van der Waals surface area contributed by atoms with Gasteiger partial charge >= 0.3 is 0 Å². The Balaban J connectivity index is 1.15. The van der Waals surface area contributed by atoms with E-state index in [9.17, 15) is 0 Å². The molecule has 12 rings (SSSR count). The van der Waals surface area contributed by atoms with Gasteiger partial charge in [0.2, 0.25) is 0 Å². The number of nitrogens with zero attached hydrogens (tertiary/aromatic N) is 3. The van der Waals surface area contributed by atoms with Crippen LogP contribution in [-0.4, -0.2) is 13.7 Å². The van der Waals surface area contributed by atoms with Crippen molar-refractivity contribution in [3.05, 3.63) is 186 Å². The van der Waals surface area contributed by atoms with Crippen molar-refractivity contribution in [2.75, 3.05) is 0 Å². The molecule has 12 aromatic rings. The third-order valence-corrected chi connectivity index (χ3v) is 15.2. The SMILES string of the molecule is CC(C)(C)c1ccc2c(c1)c1cc(C(C)(C)C)ccc1n2-c1ccc2c(c1)c1cc(-n3c4ccc(C(C)(C)C)cc4c4cc(C(C)(C)C)ccc43)ccc1n2-c1ccc2cc3ccccc3cc2c1. The first kappa shape index (κ1) is 43.2. The summed E-state index contributed by atoms with van der Waals surface area (Å²) in [7, 11) is 0. The molecule has 342 valence electrons. The molecule has 0 fully saturated rings. The quantitative estimate of drug-likeness (QED) is 0.157. The van der Waals surface area contributed by atoms with Gasteiger partial charge < -0.3 is 13.7 Å². The van der Waals surface area contributed by atoms with E-state index in [1.807, 2.05) is 0 Å². The van der Waals surface area contributed by atoms with Gasteiger partial charge in [0, 0.05) is 49.4 Å². The lowest BCUT2D eigenvalue weighted by Gasteiger charge is -2.19. The van der Waals surface area contributed by atoms with Crippen LogP contribution < -0.4 is 0 Å². The smallest absolute Gasteiger partial charge is 0.0542 e. The largest absolute Gasteiger partial charge is 0.309 e. The minimum Gasteiger partial charge on any atom is -0.309 e. The van der Waals surface area contributed by atoms with Gasteiger partial charge in [0.05, 0.1) is 33.1 Å². The molecule has 3 nitrogen and oxygen atoms in total. The first-order valence-electron chi connectivity index (χ1n) is 24.9. The molecule has 0 aliphatic heterocycles. The van der Waals surface area contributed by atoms with E-state index in [1.54, 1.807) is 0 Å². The van der Waals surface area contributed by atoms with Crippen LogP contribution in [0, 0.1) is 0 Å². The van der Waals surface area contributed by atoms with Crippen LogP contribution in [0.25, 0.3) is 104 Å². The number of fused-ring (bicyclic) bond motifs is 11. The standard InChI is InChI=1S/C66H63N3/c1-63(2,3)44-18-25-57-51(34-44)52-35-45(64(4,5)6)19-26-58(52)68(57)49-23-29-61-55(38-49)56-39-50(24-30-62(56)67(61)48-22-17-42-31-40-15-13-14-16-41(40)32-43(42)33-48)69-59-27-20-46(65(7,8)9)36-53(59)54-37-47(66(10,11)12)21-28-60(54)69/h13-39H,1-12H3.